The van der Waals surface area contributed by atoms with Gasteiger partial charge in [0.25, 0.3) is 0 Å². The number of hydrogen-bond acceptors (Lipinski definition) is 4. The average molecular weight is 440 g/mol. The molecule has 1 aromatic rings. The van der Waals surface area contributed by atoms with Gasteiger partial charge in [0.15, 0.2) is 0 Å². The molecule has 27 heavy (non-hydrogen) atoms. The van der Waals surface area contributed by atoms with Crippen LogP contribution in [0.2, 0.25) is 0 Å². The second-order valence-electron chi connectivity index (χ2n) is 6.96. The largest absolute Gasteiger partial charge is 0.494 e. The van der Waals surface area contributed by atoms with Crippen molar-refractivity contribution in [2.24, 2.45) is 0 Å². The summed E-state index contributed by atoms with van der Waals surface area (Å²) >= 11 is 3.40. The molecule has 0 radical (unpaired) electrons. The van der Waals surface area contributed by atoms with Crippen LogP contribution in [0.4, 0.5) is 4.79 Å². The van der Waals surface area contributed by atoms with E-state index in [-0.39, 0.29) is 5.91 Å². The quantitative estimate of drug-likeness (QED) is 0.689. The third-order valence-corrected chi connectivity index (χ3v) is 5.70. The van der Waals surface area contributed by atoms with Crippen molar-refractivity contribution in [1.29, 1.82) is 0 Å². The van der Waals surface area contributed by atoms with Gasteiger partial charge in [-0.3, -0.25) is 14.6 Å². The summed E-state index contributed by atoms with van der Waals surface area (Å²) in [6.45, 7) is 5.03. The number of ether oxygens (including phenoxy) is 1. The first kappa shape index (κ1) is 19.9. The number of carbonyl (C=O) groups is 2. The van der Waals surface area contributed by atoms with Gasteiger partial charge in [-0.2, -0.15) is 0 Å². The molecule has 1 atom stereocenters. The van der Waals surface area contributed by atoms with E-state index in [2.05, 4.69) is 20.8 Å². The van der Waals surface area contributed by atoms with Gasteiger partial charge in [0.2, 0.25) is 5.91 Å². The second kappa shape index (κ2) is 9.41. The molecule has 1 N–H and O–H groups in total. The van der Waals surface area contributed by atoms with Gasteiger partial charge >= 0.3 is 6.09 Å². The predicted molar refractivity (Wildman–Crippen MR) is 105 cm³/mol. The van der Waals surface area contributed by atoms with Crippen LogP contribution < -0.4 is 4.74 Å². The van der Waals surface area contributed by atoms with Gasteiger partial charge < -0.3 is 14.7 Å². The van der Waals surface area contributed by atoms with Crippen molar-refractivity contribution >= 4 is 27.9 Å². The van der Waals surface area contributed by atoms with Crippen LogP contribution in [0.15, 0.2) is 28.7 Å². The lowest BCUT2D eigenvalue weighted by Gasteiger charge is -2.36. The van der Waals surface area contributed by atoms with Crippen molar-refractivity contribution in [3.8, 4) is 5.75 Å². The van der Waals surface area contributed by atoms with Gasteiger partial charge in [-0.1, -0.05) is 15.9 Å². The Labute approximate surface area is 168 Å². The highest BCUT2D eigenvalue weighted by molar-refractivity contribution is 9.10. The molecule has 148 valence electrons. The van der Waals surface area contributed by atoms with Crippen LogP contribution in [0, 0.1) is 0 Å². The molecule has 0 aliphatic carbocycles. The molecular weight excluding hydrogens is 414 g/mol. The van der Waals surface area contributed by atoms with Gasteiger partial charge in [0, 0.05) is 43.7 Å². The van der Waals surface area contributed by atoms with Gasteiger partial charge in [-0.15, -0.1) is 0 Å². The molecule has 0 saturated carbocycles. The van der Waals surface area contributed by atoms with Crippen molar-refractivity contribution in [1.82, 2.24) is 14.7 Å². The number of benzene rings is 1. The van der Waals surface area contributed by atoms with Crippen molar-refractivity contribution < 1.29 is 19.4 Å². The number of nitrogens with zero attached hydrogens (tertiary/aromatic N) is 3. The molecule has 2 aliphatic rings. The lowest BCUT2D eigenvalue weighted by Crippen LogP contribution is -2.54. The minimum absolute atomic E-state index is 0.0341. The van der Waals surface area contributed by atoms with Gasteiger partial charge in [0.1, 0.15) is 11.8 Å². The van der Waals surface area contributed by atoms with Gasteiger partial charge in [-0.05, 0) is 43.5 Å². The van der Waals surface area contributed by atoms with Crippen molar-refractivity contribution in [2.45, 2.75) is 25.3 Å². The topological polar surface area (TPSA) is 73.3 Å². The number of halogens is 1. The number of likely N-dealkylation sites (tertiary alicyclic amines) is 1. The minimum atomic E-state index is -0.991. The summed E-state index contributed by atoms with van der Waals surface area (Å²) in [5, 5.41) is 9.22. The fourth-order valence-electron chi connectivity index (χ4n) is 3.66. The third-order valence-electron chi connectivity index (χ3n) is 5.17. The van der Waals surface area contributed by atoms with E-state index in [0.717, 1.165) is 42.7 Å². The maximum Gasteiger partial charge on any atom is 0.407 e. The Bertz CT molecular complexity index is 647. The van der Waals surface area contributed by atoms with Crippen molar-refractivity contribution in [3.63, 3.8) is 0 Å². The molecule has 2 aliphatic heterocycles. The Morgan fingerprint density at radius 3 is 2.48 bits per heavy atom. The second-order valence-corrected chi connectivity index (χ2v) is 7.87. The Morgan fingerprint density at radius 1 is 1.11 bits per heavy atom. The minimum Gasteiger partial charge on any atom is -0.494 e. The molecule has 3 rings (SSSR count). The van der Waals surface area contributed by atoms with E-state index in [0.29, 0.717) is 32.7 Å². The molecule has 2 saturated heterocycles. The third kappa shape index (κ3) is 5.35. The Balaban J connectivity index is 1.35. The lowest BCUT2D eigenvalue weighted by molar-refractivity contribution is -0.137. The van der Waals surface area contributed by atoms with E-state index in [4.69, 9.17) is 4.74 Å². The number of piperazine rings is 1. The molecule has 0 unspecified atom stereocenters. The Morgan fingerprint density at radius 2 is 1.81 bits per heavy atom. The normalized spacial score (nSPS) is 20.7. The Kier molecular flexibility index (Phi) is 6.95. The summed E-state index contributed by atoms with van der Waals surface area (Å²) in [5.41, 5.74) is 0. The zero-order chi connectivity index (χ0) is 19.2. The molecular formula is C19H26BrN3O4. The van der Waals surface area contributed by atoms with E-state index < -0.39 is 12.1 Å². The van der Waals surface area contributed by atoms with E-state index in [1.807, 2.05) is 29.2 Å². The maximum atomic E-state index is 12.6. The highest BCUT2D eigenvalue weighted by Gasteiger charge is 2.37. The van der Waals surface area contributed by atoms with Crippen molar-refractivity contribution in [3.05, 3.63) is 28.7 Å². The number of amides is 2. The summed E-state index contributed by atoms with van der Waals surface area (Å²) in [6.07, 6.45) is 1.34. The first-order valence-electron chi connectivity index (χ1n) is 9.43. The van der Waals surface area contributed by atoms with Crippen LogP contribution in [0.5, 0.6) is 5.75 Å². The van der Waals surface area contributed by atoms with E-state index in [9.17, 15) is 14.7 Å². The first-order valence-corrected chi connectivity index (χ1v) is 10.2. The van der Waals surface area contributed by atoms with E-state index >= 15 is 0 Å². The summed E-state index contributed by atoms with van der Waals surface area (Å²) in [4.78, 5) is 29.3. The highest BCUT2D eigenvalue weighted by Crippen LogP contribution is 2.20. The number of carboxylic acid groups (broad SMARTS) is 1. The van der Waals surface area contributed by atoms with Crippen LogP contribution >= 0.6 is 15.9 Å². The average Bonchev–Trinajstić information content (AvgIpc) is 3.17. The molecule has 2 fully saturated rings. The van der Waals surface area contributed by atoms with Crippen molar-refractivity contribution in [2.75, 3.05) is 45.9 Å². The molecule has 0 aromatic heterocycles. The number of carbonyl (C=O) groups excluding carboxylic acids is 1. The van der Waals surface area contributed by atoms with E-state index in [1.54, 1.807) is 0 Å². The van der Waals surface area contributed by atoms with Crippen LogP contribution in [0.1, 0.15) is 19.3 Å². The SMILES string of the molecule is O=C([C@H]1CCCN1C(=O)O)N1CCN(CCCOc2ccc(Br)cc2)CC1. The fourth-order valence-corrected chi connectivity index (χ4v) is 3.93. The van der Waals surface area contributed by atoms with E-state index in [1.165, 1.54) is 4.90 Å². The monoisotopic (exact) mass is 439 g/mol. The molecule has 8 heteroatoms. The first-order chi connectivity index (χ1) is 13.0. The van der Waals surface area contributed by atoms with Gasteiger partial charge in [0.05, 0.1) is 6.61 Å². The van der Waals surface area contributed by atoms with Crippen LogP contribution in [0.25, 0.3) is 0 Å². The molecule has 2 heterocycles. The van der Waals surface area contributed by atoms with Crippen LogP contribution in [-0.2, 0) is 4.79 Å². The number of hydrogen-bond donors (Lipinski definition) is 1. The maximum absolute atomic E-state index is 12.6. The number of rotatable bonds is 6. The summed E-state index contributed by atoms with van der Waals surface area (Å²) in [7, 11) is 0. The Hall–Kier alpha value is -1.80. The molecule has 0 bridgehead atoms. The standard InChI is InChI=1S/C19H26BrN3O4/c20-15-4-6-16(7-5-15)27-14-2-8-21-10-12-22(13-11-21)18(24)17-3-1-9-23(17)19(25)26/h4-7,17H,1-3,8-14H2,(H,25,26)/t17-/m1/s1. The smallest absolute Gasteiger partial charge is 0.407 e. The fraction of sp³-hybridized carbons (Fsp3) is 0.579. The molecule has 0 spiro atoms. The summed E-state index contributed by atoms with van der Waals surface area (Å²) in [5.74, 6) is 0.835. The summed E-state index contributed by atoms with van der Waals surface area (Å²) in [6, 6.07) is 7.31. The molecule has 7 nitrogen and oxygen atoms in total. The lowest BCUT2D eigenvalue weighted by atomic mass is 10.1. The molecule has 1 aromatic carbocycles. The predicted octanol–water partition coefficient (Wildman–Crippen LogP) is 2.50. The highest BCUT2D eigenvalue weighted by atomic mass is 79.9. The van der Waals surface area contributed by atoms with Crippen LogP contribution in [-0.4, -0.2) is 83.7 Å². The van der Waals surface area contributed by atoms with Gasteiger partial charge in [-0.25, -0.2) is 4.79 Å². The zero-order valence-electron chi connectivity index (χ0n) is 15.3. The summed E-state index contributed by atoms with van der Waals surface area (Å²) < 4.78 is 6.77. The molecule has 2 amide bonds. The zero-order valence-corrected chi connectivity index (χ0v) is 16.9. The van der Waals surface area contributed by atoms with Crippen LogP contribution in [0.3, 0.4) is 0 Å².